The Morgan fingerprint density at radius 1 is 1.35 bits per heavy atom. The van der Waals surface area contributed by atoms with Gasteiger partial charge in [-0.1, -0.05) is 19.3 Å². The van der Waals surface area contributed by atoms with E-state index in [9.17, 15) is 0 Å². The minimum atomic E-state index is -0.0166. The van der Waals surface area contributed by atoms with Gasteiger partial charge in [-0.2, -0.15) is 0 Å². The van der Waals surface area contributed by atoms with Gasteiger partial charge in [0.15, 0.2) is 0 Å². The molecule has 1 saturated heterocycles. The van der Waals surface area contributed by atoms with Crippen molar-refractivity contribution in [1.29, 1.82) is 0 Å². The molecule has 1 saturated carbocycles. The highest BCUT2D eigenvalue weighted by Gasteiger charge is 2.30. The summed E-state index contributed by atoms with van der Waals surface area (Å²) in [4.78, 5) is 4.67. The van der Waals surface area contributed by atoms with Crippen molar-refractivity contribution in [2.75, 3.05) is 18.5 Å². The second kappa shape index (κ2) is 5.76. The molecule has 0 bridgehead atoms. The molecule has 1 aliphatic heterocycles. The van der Waals surface area contributed by atoms with Crippen LogP contribution < -0.4 is 5.32 Å². The minimum Gasteiger partial charge on any atom is -0.373 e. The first-order valence-corrected chi connectivity index (χ1v) is 8.10. The van der Waals surface area contributed by atoms with Crippen molar-refractivity contribution < 1.29 is 4.74 Å². The number of nitrogens with one attached hydrogen (secondary N) is 1. The molecule has 1 aliphatic carbocycles. The quantitative estimate of drug-likeness (QED) is 0.912. The van der Waals surface area contributed by atoms with Crippen LogP contribution in [0.4, 0.5) is 5.95 Å². The summed E-state index contributed by atoms with van der Waals surface area (Å²) in [6.45, 7) is 6.04. The van der Waals surface area contributed by atoms with Gasteiger partial charge in [0.25, 0.3) is 0 Å². The predicted octanol–water partition coefficient (Wildman–Crippen LogP) is 3.68. The van der Waals surface area contributed by atoms with Gasteiger partial charge in [-0.05, 0) is 39.5 Å². The molecule has 0 spiro atoms. The lowest BCUT2D eigenvalue weighted by molar-refractivity contribution is 0.0313. The molecule has 0 radical (unpaired) electrons. The Kier molecular flexibility index (Phi) is 4.01. The van der Waals surface area contributed by atoms with Gasteiger partial charge in [0.1, 0.15) is 0 Å². The van der Waals surface area contributed by atoms with E-state index in [0.717, 1.165) is 31.2 Å². The predicted molar refractivity (Wildman–Crippen MR) is 81.2 cm³/mol. The first-order chi connectivity index (χ1) is 9.66. The topological polar surface area (TPSA) is 39.1 Å². The van der Waals surface area contributed by atoms with Gasteiger partial charge in [0.2, 0.25) is 5.95 Å². The van der Waals surface area contributed by atoms with Crippen molar-refractivity contribution in [3.05, 3.63) is 11.9 Å². The highest BCUT2D eigenvalue weighted by Crippen LogP contribution is 2.31. The number of imidazole rings is 1. The Hall–Kier alpha value is -1.03. The van der Waals surface area contributed by atoms with Gasteiger partial charge in [-0.15, -0.1) is 0 Å². The zero-order valence-electron chi connectivity index (χ0n) is 12.8. The van der Waals surface area contributed by atoms with Crippen LogP contribution in [0.2, 0.25) is 0 Å². The van der Waals surface area contributed by atoms with E-state index < -0.39 is 0 Å². The van der Waals surface area contributed by atoms with Crippen molar-refractivity contribution in [3.8, 4) is 0 Å². The molecule has 1 aromatic heterocycles. The summed E-state index contributed by atoms with van der Waals surface area (Å²) >= 11 is 0. The van der Waals surface area contributed by atoms with Crippen LogP contribution in [-0.4, -0.2) is 28.3 Å². The summed E-state index contributed by atoms with van der Waals surface area (Å²) < 4.78 is 8.22. The molecule has 2 aliphatic rings. The summed E-state index contributed by atoms with van der Waals surface area (Å²) in [6, 6.07) is 0.629. The van der Waals surface area contributed by atoms with E-state index in [0.29, 0.717) is 6.04 Å². The lowest BCUT2D eigenvalue weighted by Crippen LogP contribution is -2.33. The van der Waals surface area contributed by atoms with E-state index in [1.54, 1.807) is 0 Å². The van der Waals surface area contributed by atoms with Crippen molar-refractivity contribution in [1.82, 2.24) is 9.55 Å². The number of anilines is 1. The SMILES string of the molecule is Cc1cn(C2CCCCC2)c(NCC2(C)CCCO2)n1. The van der Waals surface area contributed by atoms with Gasteiger partial charge in [0, 0.05) is 25.4 Å². The highest BCUT2D eigenvalue weighted by molar-refractivity contribution is 5.30. The third-order valence-corrected chi connectivity index (χ3v) is 4.74. The van der Waals surface area contributed by atoms with Crippen LogP contribution in [0.25, 0.3) is 0 Å². The fourth-order valence-electron chi connectivity index (χ4n) is 3.53. The minimum absolute atomic E-state index is 0.0166. The molecule has 2 heterocycles. The van der Waals surface area contributed by atoms with Crippen LogP contribution in [0, 0.1) is 6.92 Å². The Bertz CT molecular complexity index is 443. The Labute approximate surface area is 121 Å². The van der Waals surface area contributed by atoms with Gasteiger partial charge in [-0.3, -0.25) is 0 Å². The number of hydrogen-bond acceptors (Lipinski definition) is 3. The van der Waals surface area contributed by atoms with Crippen molar-refractivity contribution in [2.24, 2.45) is 0 Å². The second-order valence-corrected chi connectivity index (χ2v) is 6.66. The first-order valence-electron chi connectivity index (χ1n) is 8.10. The molecular weight excluding hydrogens is 250 g/mol. The van der Waals surface area contributed by atoms with E-state index in [2.05, 4.69) is 34.9 Å². The Balaban J connectivity index is 1.69. The van der Waals surface area contributed by atoms with Gasteiger partial charge in [0.05, 0.1) is 11.3 Å². The van der Waals surface area contributed by atoms with Crippen LogP contribution in [0.5, 0.6) is 0 Å². The Morgan fingerprint density at radius 2 is 2.15 bits per heavy atom. The average Bonchev–Trinajstić information content (AvgIpc) is 3.04. The molecule has 0 amide bonds. The molecule has 1 N–H and O–H groups in total. The maximum absolute atomic E-state index is 5.85. The van der Waals surface area contributed by atoms with E-state index in [1.807, 2.05) is 0 Å². The monoisotopic (exact) mass is 277 g/mol. The largest absolute Gasteiger partial charge is 0.373 e. The molecule has 1 aromatic rings. The number of aryl methyl sites for hydroxylation is 1. The first kappa shape index (κ1) is 13.9. The summed E-state index contributed by atoms with van der Waals surface area (Å²) in [7, 11) is 0. The average molecular weight is 277 g/mol. The number of aromatic nitrogens is 2. The highest BCUT2D eigenvalue weighted by atomic mass is 16.5. The molecule has 4 heteroatoms. The zero-order chi connectivity index (χ0) is 14.0. The van der Waals surface area contributed by atoms with Crippen LogP contribution in [0.3, 0.4) is 0 Å². The smallest absolute Gasteiger partial charge is 0.203 e. The van der Waals surface area contributed by atoms with Gasteiger partial charge in [-0.25, -0.2) is 4.98 Å². The molecule has 20 heavy (non-hydrogen) atoms. The van der Waals surface area contributed by atoms with Crippen LogP contribution in [0.1, 0.15) is 63.6 Å². The molecule has 1 unspecified atom stereocenters. The standard InChI is InChI=1S/C16H27N3O/c1-13-11-19(14-7-4-3-5-8-14)15(18-13)17-12-16(2)9-6-10-20-16/h11,14H,3-10,12H2,1-2H3,(H,17,18). The lowest BCUT2D eigenvalue weighted by atomic mass is 9.95. The number of rotatable bonds is 4. The third-order valence-electron chi connectivity index (χ3n) is 4.74. The molecule has 3 rings (SSSR count). The molecule has 1 atom stereocenters. The normalized spacial score (nSPS) is 27.9. The van der Waals surface area contributed by atoms with Crippen LogP contribution in [-0.2, 0) is 4.74 Å². The lowest BCUT2D eigenvalue weighted by Gasteiger charge is -2.27. The van der Waals surface area contributed by atoms with Crippen molar-refractivity contribution in [3.63, 3.8) is 0 Å². The summed E-state index contributed by atoms with van der Waals surface area (Å²) in [5.74, 6) is 1.03. The van der Waals surface area contributed by atoms with Crippen LogP contribution >= 0.6 is 0 Å². The van der Waals surface area contributed by atoms with Crippen molar-refractivity contribution in [2.45, 2.75) is 70.4 Å². The molecular formula is C16H27N3O. The van der Waals surface area contributed by atoms with E-state index in [4.69, 9.17) is 4.74 Å². The van der Waals surface area contributed by atoms with Crippen molar-refractivity contribution >= 4 is 5.95 Å². The fraction of sp³-hybridized carbons (Fsp3) is 0.812. The number of ether oxygens (including phenoxy) is 1. The summed E-state index contributed by atoms with van der Waals surface area (Å²) in [6.07, 6.45) is 11.2. The molecule has 4 nitrogen and oxygen atoms in total. The van der Waals surface area contributed by atoms with Gasteiger partial charge >= 0.3 is 0 Å². The number of hydrogen-bond donors (Lipinski definition) is 1. The van der Waals surface area contributed by atoms with Gasteiger partial charge < -0.3 is 14.6 Å². The number of nitrogens with zero attached hydrogens (tertiary/aromatic N) is 2. The molecule has 112 valence electrons. The van der Waals surface area contributed by atoms with E-state index >= 15 is 0 Å². The Morgan fingerprint density at radius 3 is 2.85 bits per heavy atom. The maximum atomic E-state index is 5.85. The van der Waals surface area contributed by atoms with E-state index in [1.165, 1.54) is 38.5 Å². The fourth-order valence-corrected chi connectivity index (χ4v) is 3.53. The summed E-state index contributed by atoms with van der Waals surface area (Å²) in [5, 5.41) is 3.54. The third kappa shape index (κ3) is 3.00. The second-order valence-electron chi connectivity index (χ2n) is 6.66. The molecule has 0 aromatic carbocycles. The summed E-state index contributed by atoms with van der Waals surface area (Å²) in [5.41, 5.74) is 1.09. The van der Waals surface area contributed by atoms with E-state index in [-0.39, 0.29) is 5.60 Å². The molecule has 2 fully saturated rings. The van der Waals surface area contributed by atoms with Crippen LogP contribution in [0.15, 0.2) is 6.20 Å². The zero-order valence-corrected chi connectivity index (χ0v) is 12.8. The maximum Gasteiger partial charge on any atom is 0.203 e.